The van der Waals surface area contributed by atoms with E-state index in [-0.39, 0.29) is 5.91 Å². The predicted octanol–water partition coefficient (Wildman–Crippen LogP) is 3.09. The molecule has 4 rings (SSSR count). The zero-order valence-electron chi connectivity index (χ0n) is 14.2. The molecule has 0 bridgehead atoms. The smallest absolute Gasteiger partial charge is 0.262 e. The number of aromatic nitrogens is 3. The number of carbonyl (C=O) groups excluding carboxylic acids is 1. The summed E-state index contributed by atoms with van der Waals surface area (Å²) in [6, 6.07) is 7.67. The quantitative estimate of drug-likeness (QED) is 0.790. The van der Waals surface area contributed by atoms with Crippen molar-refractivity contribution in [1.29, 1.82) is 0 Å². The minimum absolute atomic E-state index is 0.277. The van der Waals surface area contributed by atoms with Gasteiger partial charge in [-0.1, -0.05) is 17.3 Å². The molecule has 1 aliphatic heterocycles. The van der Waals surface area contributed by atoms with E-state index in [2.05, 4.69) is 20.4 Å². The van der Waals surface area contributed by atoms with Gasteiger partial charge in [0.1, 0.15) is 11.3 Å². The average molecular weight is 337 g/mol. The predicted molar refractivity (Wildman–Crippen MR) is 94.9 cm³/mol. The Morgan fingerprint density at radius 1 is 1.12 bits per heavy atom. The topological polar surface area (TPSA) is 84.2 Å². The molecule has 1 aromatic carbocycles. The minimum Gasteiger partial charge on any atom is -0.361 e. The number of benzene rings is 1. The van der Waals surface area contributed by atoms with Crippen LogP contribution < -0.4 is 10.2 Å². The molecule has 0 radical (unpaired) electrons. The number of aryl methyl sites for hydroxylation is 2. The minimum atomic E-state index is -0.277. The molecular formula is C18H19N5O2. The average Bonchev–Trinajstić information content (AvgIpc) is 3.24. The van der Waals surface area contributed by atoms with E-state index in [1.165, 1.54) is 0 Å². The van der Waals surface area contributed by atoms with Gasteiger partial charge in [0.2, 0.25) is 0 Å². The van der Waals surface area contributed by atoms with Crippen LogP contribution in [-0.4, -0.2) is 34.1 Å². The van der Waals surface area contributed by atoms with Crippen LogP contribution in [0, 0.1) is 13.8 Å². The van der Waals surface area contributed by atoms with Crippen LogP contribution in [-0.2, 0) is 0 Å². The maximum atomic E-state index is 12.7. The van der Waals surface area contributed by atoms with E-state index in [9.17, 15) is 4.79 Å². The Labute approximate surface area is 145 Å². The van der Waals surface area contributed by atoms with Gasteiger partial charge in [0.25, 0.3) is 5.91 Å². The van der Waals surface area contributed by atoms with Gasteiger partial charge in [0.05, 0.1) is 16.7 Å². The summed E-state index contributed by atoms with van der Waals surface area (Å²) in [5.41, 5.74) is 2.58. The van der Waals surface area contributed by atoms with Gasteiger partial charge in [-0.25, -0.2) is 9.97 Å². The number of carbonyl (C=O) groups is 1. The summed E-state index contributed by atoms with van der Waals surface area (Å²) in [5.74, 6) is 1.41. The van der Waals surface area contributed by atoms with Gasteiger partial charge < -0.3 is 14.7 Å². The highest BCUT2D eigenvalue weighted by Crippen LogP contribution is 2.28. The molecule has 2 aromatic heterocycles. The summed E-state index contributed by atoms with van der Waals surface area (Å²) in [6.45, 7) is 5.31. The van der Waals surface area contributed by atoms with E-state index in [0.29, 0.717) is 22.8 Å². The van der Waals surface area contributed by atoms with E-state index in [1.807, 2.05) is 24.3 Å². The fourth-order valence-corrected chi connectivity index (χ4v) is 3.20. The molecule has 0 atom stereocenters. The number of para-hydroxylation sites is 2. The van der Waals surface area contributed by atoms with Crippen molar-refractivity contribution in [3.05, 3.63) is 41.3 Å². The first-order valence-corrected chi connectivity index (χ1v) is 8.39. The summed E-state index contributed by atoms with van der Waals surface area (Å²) in [5, 5.41) is 6.76. The number of amides is 1. The fourth-order valence-electron chi connectivity index (χ4n) is 3.20. The number of fused-ring (bicyclic) bond motifs is 1. The summed E-state index contributed by atoms with van der Waals surface area (Å²) in [4.78, 5) is 24.3. The standard InChI is InChI=1S/C18H19N5O2/c1-11-15(12(2)25-22-11)18(24)21-16-17(23-9-5-6-10-23)20-14-8-4-3-7-13(14)19-16/h3-4,7-8H,5-6,9-10H2,1-2H3,(H,19,21,24). The summed E-state index contributed by atoms with van der Waals surface area (Å²) >= 11 is 0. The second kappa shape index (κ2) is 6.16. The first-order valence-electron chi connectivity index (χ1n) is 8.39. The van der Waals surface area contributed by atoms with E-state index in [4.69, 9.17) is 9.51 Å². The van der Waals surface area contributed by atoms with Crippen LogP contribution >= 0.6 is 0 Å². The van der Waals surface area contributed by atoms with Gasteiger partial charge in [0, 0.05) is 13.1 Å². The Morgan fingerprint density at radius 2 is 1.80 bits per heavy atom. The van der Waals surface area contributed by atoms with Crippen molar-refractivity contribution in [2.45, 2.75) is 26.7 Å². The summed E-state index contributed by atoms with van der Waals surface area (Å²) in [6.07, 6.45) is 2.23. The summed E-state index contributed by atoms with van der Waals surface area (Å²) in [7, 11) is 0. The molecule has 25 heavy (non-hydrogen) atoms. The lowest BCUT2D eigenvalue weighted by molar-refractivity contribution is 0.102. The second-order valence-electron chi connectivity index (χ2n) is 6.23. The highest BCUT2D eigenvalue weighted by Gasteiger charge is 2.23. The molecule has 128 valence electrons. The molecule has 0 saturated carbocycles. The molecule has 1 saturated heterocycles. The van der Waals surface area contributed by atoms with Crippen molar-refractivity contribution in [2.24, 2.45) is 0 Å². The molecule has 3 aromatic rings. The largest absolute Gasteiger partial charge is 0.361 e. The van der Waals surface area contributed by atoms with E-state index >= 15 is 0 Å². The lowest BCUT2D eigenvalue weighted by atomic mass is 10.2. The van der Waals surface area contributed by atoms with E-state index < -0.39 is 0 Å². The third kappa shape index (κ3) is 2.82. The maximum absolute atomic E-state index is 12.7. The molecule has 3 heterocycles. The van der Waals surface area contributed by atoms with Gasteiger partial charge in [-0.2, -0.15) is 0 Å². The molecule has 0 unspecified atom stereocenters. The normalized spacial score (nSPS) is 14.2. The van der Waals surface area contributed by atoms with Crippen LogP contribution in [0.1, 0.15) is 34.7 Å². The van der Waals surface area contributed by atoms with Crippen molar-refractivity contribution >= 4 is 28.6 Å². The monoisotopic (exact) mass is 337 g/mol. The molecule has 7 nitrogen and oxygen atoms in total. The SMILES string of the molecule is Cc1noc(C)c1C(=O)Nc1nc2ccccc2nc1N1CCCC1. The Morgan fingerprint density at radius 3 is 2.44 bits per heavy atom. The Kier molecular flexibility index (Phi) is 3.83. The molecule has 1 amide bonds. The van der Waals surface area contributed by atoms with Crippen LogP contribution in [0.25, 0.3) is 11.0 Å². The highest BCUT2D eigenvalue weighted by atomic mass is 16.5. The van der Waals surface area contributed by atoms with E-state index in [0.717, 1.165) is 42.8 Å². The third-order valence-electron chi connectivity index (χ3n) is 4.45. The van der Waals surface area contributed by atoms with Crippen molar-refractivity contribution < 1.29 is 9.32 Å². The first kappa shape index (κ1) is 15.6. The van der Waals surface area contributed by atoms with Crippen LogP contribution in [0.15, 0.2) is 28.8 Å². The summed E-state index contributed by atoms with van der Waals surface area (Å²) < 4.78 is 5.10. The molecule has 0 spiro atoms. The fraction of sp³-hybridized carbons (Fsp3) is 0.333. The van der Waals surface area contributed by atoms with Crippen molar-refractivity contribution in [1.82, 2.24) is 15.1 Å². The Hall–Kier alpha value is -2.96. The van der Waals surface area contributed by atoms with Crippen molar-refractivity contribution in [3.63, 3.8) is 0 Å². The molecule has 0 aliphatic carbocycles. The second-order valence-corrected chi connectivity index (χ2v) is 6.23. The molecule has 7 heteroatoms. The number of nitrogens with one attached hydrogen (secondary N) is 1. The Bertz CT molecular complexity index is 924. The van der Waals surface area contributed by atoms with Crippen LogP contribution in [0.4, 0.5) is 11.6 Å². The number of hydrogen-bond acceptors (Lipinski definition) is 6. The maximum Gasteiger partial charge on any atom is 0.262 e. The lowest BCUT2D eigenvalue weighted by Crippen LogP contribution is -2.23. The van der Waals surface area contributed by atoms with Crippen LogP contribution in [0.5, 0.6) is 0 Å². The number of hydrogen-bond donors (Lipinski definition) is 1. The van der Waals surface area contributed by atoms with Crippen molar-refractivity contribution in [2.75, 3.05) is 23.3 Å². The van der Waals surface area contributed by atoms with Gasteiger partial charge in [-0.3, -0.25) is 4.79 Å². The number of rotatable bonds is 3. The van der Waals surface area contributed by atoms with Gasteiger partial charge in [0.15, 0.2) is 11.6 Å². The van der Waals surface area contributed by atoms with Gasteiger partial charge in [-0.05, 0) is 38.8 Å². The van der Waals surface area contributed by atoms with Gasteiger partial charge in [-0.15, -0.1) is 0 Å². The van der Waals surface area contributed by atoms with Crippen molar-refractivity contribution in [3.8, 4) is 0 Å². The van der Waals surface area contributed by atoms with E-state index in [1.54, 1.807) is 13.8 Å². The zero-order chi connectivity index (χ0) is 17.4. The first-order chi connectivity index (χ1) is 12.1. The van der Waals surface area contributed by atoms with Gasteiger partial charge >= 0.3 is 0 Å². The van der Waals surface area contributed by atoms with Crippen LogP contribution in [0.3, 0.4) is 0 Å². The molecule has 1 aliphatic rings. The zero-order valence-corrected chi connectivity index (χ0v) is 14.2. The number of anilines is 2. The third-order valence-corrected chi connectivity index (χ3v) is 4.45. The lowest BCUT2D eigenvalue weighted by Gasteiger charge is -2.20. The highest BCUT2D eigenvalue weighted by molar-refractivity contribution is 6.06. The van der Waals surface area contributed by atoms with Crippen LogP contribution in [0.2, 0.25) is 0 Å². The molecule has 1 N–H and O–H groups in total. The molecule has 1 fully saturated rings. The molecular weight excluding hydrogens is 318 g/mol. The number of nitrogens with zero attached hydrogens (tertiary/aromatic N) is 4. The Balaban J connectivity index is 1.76.